The van der Waals surface area contributed by atoms with E-state index in [0.29, 0.717) is 17.4 Å². The molecule has 1 aromatic rings. The second kappa shape index (κ2) is 5.31. The Morgan fingerprint density at radius 3 is 2.00 bits per heavy atom. The van der Waals surface area contributed by atoms with Gasteiger partial charge in [-0.25, -0.2) is 8.42 Å². The first-order valence-corrected chi connectivity index (χ1v) is 7.04. The Morgan fingerprint density at radius 2 is 1.80 bits per heavy atom. The molecule has 84 valence electrons. The molecule has 0 bridgehead atoms. The highest BCUT2D eigenvalue weighted by atomic mass is 32.2. The van der Waals surface area contributed by atoms with Crippen LogP contribution in [0.4, 0.5) is 0 Å². The van der Waals surface area contributed by atoms with Gasteiger partial charge in [0.25, 0.3) is 0 Å². The van der Waals surface area contributed by atoms with Gasteiger partial charge < -0.3 is 0 Å². The fourth-order valence-electron chi connectivity index (χ4n) is 1.52. The minimum absolute atomic E-state index is 0.403. The van der Waals surface area contributed by atoms with Crippen molar-refractivity contribution in [1.29, 1.82) is 0 Å². The van der Waals surface area contributed by atoms with Crippen molar-refractivity contribution in [2.45, 2.75) is 20.3 Å². The zero-order valence-electron chi connectivity index (χ0n) is 9.31. The van der Waals surface area contributed by atoms with E-state index in [9.17, 15) is 8.42 Å². The molecule has 1 unspecified atom stereocenters. The number of rotatable bonds is 0. The zero-order valence-corrected chi connectivity index (χ0v) is 10.1. The van der Waals surface area contributed by atoms with Gasteiger partial charge in [-0.05, 0) is 19.3 Å². The summed E-state index contributed by atoms with van der Waals surface area (Å²) >= 11 is 0. The first-order valence-electron chi connectivity index (χ1n) is 5.22. The maximum absolute atomic E-state index is 10.6. The molecule has 0 amide bonds. The summed E-state index contributed by atoms with van der Waals surface area (Å²) in [6.45, 7) is 4.06. The molecule has 0 radical (unpaired) electrons. The first kappa shape index (κ1) is 12.2. The fourth-order valence-corrected chi connectivity index (χ4v) is 3.48. The predicted molar refractivity (Wildman–Crippen MR) is 63.6 cm³/mol. The Balaban J connectivity index is 0.000000151. The smallest absolute Gasteiger partial charge is 0.150 e. The van der Waals surface area contributed by atoms with E-state index >= 15 is 0 Å². The van der Waals surface area contributed by atoms with Crippen molar-refractivity contribution >= 4 is 9.84 Å². The van der Waals surface area contributed by atoms with Gasteiger partial charge >= 0.3 is 0 Å². The molecule has 0 aliphatic carbocycles. The topological polar surface area (TPSA) is 34.1 Å². The molecular formula is C12H18O2S. The van der Waals surface area contributed by atoms with Crippen LogP contribution in [0.2, 0.25) is 0 Å². The van der Waals surface area contributed by atoms with Crippen molar-refractivity contribution in [1.82, 2.24) is 0 Å². The van der Waals surface area contributed by atoms with Gasteiger partial charge in [0.1, 0.15) is 0 Å². The van der Waals surface area contributed by atoms with E-state index in [-0.39, 0.29) is 0 Å². The summed E-state index contributed by atoms with van der Waals surface area (Å²) in [7, 11) is -2.60. The molecule has 2 nitrogen and oxygen atoms in total. The third kappa shape index (κ3) is 4.98. The lowest BCUT2D eigenvalue weighted by atomic mass is 10.2. The third-order valence-corrected chi connectivity index (χ3v) is 4.34. The summed E-state index contributed by atoms with van der Waals surface area (Å²) in [6, 6.07) is 10.3. The number of aryl methyl sites for hydroxylation is 1. The van der Waals surface area contributed by atoms with Crippen LogP contribution in [0.15, 0.2) is 30.3 Å². The normalized spacial score (nSPS) is 22.9. The minimum Gasteiger partial charge on any atom is -0.229 e. The highest BCUT2D eigenvalue weighted by molar-refractivity contribution is 7.91. The predicted octanol–water partition coefficient (Wildman–Crippen LogP) is 2.44. The van der Waals surface area contributed by atoms with Crippen LogP contribution in [0.25, 0.3) is 0 Å². The second-order valence-corrected chi connectivity index (χ2v) is 6.39. The average molecular weight is 226 g/mol. The van der Waals surface area contributed by atoms with Crippen molar-refractivity contribution in [3.05, 3.63) is 35.9 Å². The lowest BCUT2D eigenvalue weighted by Crippen LogP contribution is -2.01. The van der Waals surface area contributed by atoms with Gasteiger partial charge in [0.05, 0.1) is 11.5 Å². The Kier molecular flexibility index (Phi) is 4.33. The fraction of sp³-hybridized carbons (Fsp3) is 0.500. The van der Waals surface area contributed by atoms with Crippen LogP contribution in [0, 0.1) is 12.8 Å². The van der Waals surface area contributed by atoms with Crippen molar-refractivity contribution in [2.75, 3.05) is 11.5 Å². The lowest BCUT2D eigenvalue weighted by Gasteiger charge is -1.90. The van der Waals surface area contributed by atoms with Crippen LogP contribution >= 0.6 is 0 Å². The van der Waals surface area contributed by atoms with E-state index in [4.69, 9.17) is 0 Å². The van der Waals surface area contributed by atoms with E-state index in [0.717, 1.165) is 6.42 Å². The van der Waals surface area contributed by atoms with Crippen molar-refractivity contribution < 1.29 is 8.42 Å². The van der Waals surface area contributed by atoms with E-state index in [2.05, 4.69) is 19.1 Å². The number of benzene rings is 1. The van der Waals surface area contributed by atoms with Crippen LogP contribution in [0.5, 0.6) is 0 Å². The molecule has 0 saturated carbocycles. The van der Waals surface area contributed by atoms with Gasteiger partial charge in [-0.15, -0.1) is 0 Å². The summed E-state index contributed by atoms with van der Waals surface area (Å²) in [4.78, 5) is 0. The Labute approximate surface area is 92.2 Å². The van der Waals surface area contributed by atoms with Crippen LogP contribution < -0.4 is 0 Å². The van der Waals surface area contributed by atoms with Crippen LogP contribution in [-0.4, -0.2) is 19.9 Å². The van der Waals surface area contributed by atoms with E-state index in [1.807, 2.05) is 25.1 Å². The second-order valence-electron chi connectivity index (χ2n) is 4.16. The maximum atomic E-state index is 10.6. The molecule has 0 aromatic heterocycles. The summed E-state index contributed by atoms with van der Waals surface area (Å²) < 4.78 is 21.3. The molecule has 1 aromatic carbocycles. The van der Waals surface area contributed by atoms with Gasteiger partial charge in [0.2, 0.25) is 0 Å². The summed E-state index contributed by atoms with van der Waals surface area (Å²) in [5.41, 5.74) is 1.32. The van der Waals surface area contributed by atoms with Crippen molar-refractivity contribution in [2.24, 2.45) is 5.92 Å². The number of hydrogen-bond donors (Lipinski definition) is 0. The lowest BCUT2D eigenvalue weighted by molar-refractivity contribution is 0.599. The average Bonchev–Trinajstić information content (AvgIpc) is 2.46. The monoisotopic (exact) mass is 226 g/mol. The van der Waals surface area contributed by atoms with Crippen molar-refractivity contribution in [3.63, 3.8) is 0 Å². The SMILES string of the molecule is CC1CCS(=O)(=O)C1.Cc1ccccc1. The summed E-state index contributed by atoms with van der Waals surface area (Å²) in [5.74, 6) is 1.22. The van der Waals surface area contributed by atoms with E-state index in [1.165, 1.54) is 5.56 Å². The van der Waals surface area contributed by atoms with Gasteiger partial charge in [0, 0.05) is 0 Å². The summed E-state index contributed by atoms with van der Waals surface area (Å²) in [6.07, 6.45) is 0.863. The van der Waals surface area contributed by atoms with Gasteiger partial charge in [-0.1, -0.05) is 42.8 Å². The maximum Gasteiger partial charge on any atom is 0.150 e. The van der Waals surface area contributed by atoms with Gasteiger partial charge in [0.15, 0.2) is 9.84 Å². The van der Waals surface area contributed by atoms with E-state index in [1.54, 1.807) is 0 Å². The Hall–Kier alpha value is -0.830. The molecule has 1 aliphatic heterocycles. The Bertz CT molecular complexity index is 381. The summed E-state index contributed by atoms with van der Waals surface area (Å²) in [5, 5.41) is 0. The molecule has 2 rings (SSSR count). The molecule has 1 aliphatic rings. The van der Waals surface area contributed by atoms with Gasteiger partial charge in [-0.2, -0.15) is 0 Å². The standard InChI is InChI=1S/C7H8.C5H10O2S/c1-7-5-3-2-4-6-7;1-5-2-3-8(6,7)4-5/h2-6H,1H3;5H,2-4H2,1H3. The molecule has 0 N–H and O–H groups in total. The molecule has 15 heavy (non-hydrogen) atoms. The molecule has 3 heteroatoms. The highest BCUT2D eigenvalue weighted by Crippen LogP contribution is 2.16. The van der Waals surface area contributed by atoms with Crippen molar-refractivity contribution in [3.8, 4) is 0 Å². The van der Waals surface area contributed by atoms with Gasteiger partial charge in [-0.3, -0.25) is 0 Å². The quantitative estimate of drug-likeness (QED) is 0.681. The third-order valence-electron chi connectivity index (χ3n) is 2.40. The van der Waals surface area contributed by atoms with Crippen LogP contribution in [-0.2, 0) is 9.84 Å². The highest BCUT2D eigenvalue weighted by Gasteiger charge is 2.23. The molecule has 0 spiro atoms. The van der Waals surface area contributed by atoms with E-state index < -0.39 is 9.84 Å². The minimum atomic E-state index is -2.60. The largest absolute Gasteiger partial charge is 0.229 e. The molecule has 1 saturated heterocycles. The number of sulfone groups is 1. The Morgan fingerprint density at radius 1 is 1.20 bits per heavy atom. The molecule has 1 atom stereocenters. The van der Waals surface area contributed by atoms with Crippen LogP contribution in [0.1, 0.15) is 18.9 Å². The zero-order chi connectivity index (χ0) is 11.3. The van der Waals surface area contributed by atoms with Crippen LogP contribution in [0.3, 0.4) is 0 Å². The molecular weight excluding hydrogens is 208 g/mol. The molecule has 1 heterocycles. The number of hydrogen-bond acceptors (Lipinski definition) is 2. The first-order chi connectivity index (χ1) is 6.99. The molecule has 1 fully saturated rings.